The monoisotopic (exact) mass is 595 g/mol. The third-order valence-electron chi connectivity index (χ3n) is 8.50. The summed E-state index contributed by atoms with van der Waals surface area (Å²) in [5.74, 6) is -0.000542. The Morgan fingerprint density at radius 1 is 0.977 bits per heavy atom. The summed E-state index contributed by atoms with van der Waals surface area (Å²) in [5.41, 5.74) is 8.15. The Bertz CT molecular complexity index is 1640. The smallest absolute Gasteiger partial charge is 0.407 e. The Labute approximate surface area is 259 Å². The van der Waals surface area contributed by atoms with Gasteiger partial charge in [-0.2, -0.15) is 0 Å². The number of amides is 2. The number of hydrogen-bond acceptors (Lipinski definition) is 5. The molecule has 0 aliphatic heterocycles. The molecule has 0 heterocycles. The molecule has 1 unspecified atom stereocenters. The third kappa shape index (κ3) is 7.85. The van der Waals surface area contributed by atoms with Crippen LogP contribution in [-0.2, 0) is 16.1 Å². The van der Waals surface area contributed by atoms with E-state index >= 15 is 0 Å². The molecule has 8 heteroatoms. The van der Waals surface area contributed by atoms with E-state index in [4.69, 9.17) is 15.9 Å². The average molecular weight is 596 g/mol. The van der Waals surface area contributed by atoms with Gasteiger partial charge in [-0.05, 0) is 104 Å². The van der Waals surface area contributed by atoms with E-state index in [0.29, 0.717) is 12.1 Å². The lowest BCUT2D eigenvalue weighted by atomic mass is 9.90. The highest BCUT2D eigenvalue weighted by Crippen LogP contribution is 2.23. The average Bonchev–Trinajstić information content (AvgIpc) is 3.19. The van der Waals surface area contributed by atoms with Gasteiger partial charge in [0.2, 0.25) is 5.91 Å². The van der Waals surface area contributed by atoms with Crippen LogP contribution in [0.3, 0.4) is 0 Å². The first-order chi connectivity index (χ1) is 21.1. The largest absolute Gasteiger partial charge is 0.444 e. The van der Waals surface area contributed by atoms with Crippen molar-refractivity contribution in [3.63, 3.8) is 0 Å². The van der Waals surface area contributed by atoms with Crippen LogP contribution in [0.2, 0.25) is 0 Å². The molecule has 2 aliphatic carbocycles. The summed E-state index contributed by atoms with van der Waals surface area (Å²) in [5, 5.41) is 22.3. The van der Waals surface area contributed by atoms with Crippen molar-refractivity contribution in [2.45, 2.75) is 96.0 Å². The second kappa shape index (κ2) is 13.6. The maximum atomic E-state index is 14.2. The normalized spacial score (nSPS) is 19.2. The zero-order valence-corrected chi connectivity index (χ0v) is 26.0. The van der Waals surface area contributed by atoms with Crippen LogP contribution < -0.4 is 32.1 Å². The Kier molecular flexibility index (Phi) is 9.69. The highest BCUT2D eigenvalue weighted by molar-refractivity contribution is 5.95. The highest BCUT2D eigenvalue weighted by atomic mass is 16.6. The molecular formula is C36H45N5O3. The number of benzene rings is 3. The first-order valence-corrected chi connectivity index (χ1v) is 15.7. The summed E-state index contributed by atoms with van der Waals surface area (Å²) >= 11 is 0. The molecule has 1 saturated carbocycles. The van der Waals surface area contributed by atoms with Crippen molar-refractivity contribution in [3.05, 3.63) is 82.2 Å². The quantitative estimate of drug-likeness (QED) is 0.195. The van der Waals surface area contributed by atoms with Gasteiger partial charge in [-0.3, -0.25) is 15.5 Å². The van der Waals surface area contributed by atoms with Gasteiger partial charge in [-0.1, -0.05) is 60.7 Å². The van der Waals surface area contributed by atoms with Crippen molar-refractivity contribution < 1.29 is 14.3 Å². The molecule has 8 nitrogen and oxygen atoms in total. The number of alkyl carbamates (subject to hydrolysis) is 1. The summed E-state index contributed by atoms with van der Waals surface area (Å²) in [7, 11) is 0. The molecule has 0 spiro atoms. The van der Waals surface area contributed by atoms with Crippen LogP contribution in [0.15, 0.2) is 60.7 Å². The number of fused-ring (bicyclic) bond motifs is 2. The van der Waals surface area contributed by atoms with Gasteiger partial charge in [-0.25, -0.2) is 4.79 Å². The molecule has 6 N–H and O–H groups in total. The Morgan fingerprint density at radius 3 is 2.41 bits per heavy atom. The summed E-state index contributed by atoms with van der Waals surface area (Å²) in [6, 6.07) is 20.0. The fourth-order valence-corrected chi connectivity index (χ4v) is 6.35. The maximum absolute atomic E-state index is 14.2. The van der Waals surface area contributed by atoms with Crippen molar-refractivity contribution in [1.29, 1.82) is 5.41 Å². The van der Waals surface area contributed by atoms with Crippen molar-refractivity contribution in [1.82, 2.24) is 16.0 Å². The summed E-state index contributed by atoms with van der Waals surface area (Å²) in [4.78, 5) is 26.4. The summed E-state index contributed by atoms with van der Waals surface area (Å²) < 4.78 is 5.43. The van der Waals surface area contributed by atoms with Crippen LogP contribution in [0.25, 0.3) is 22.4 Å². The molecule has 44 heavy (non-hydrogen) atoms. The molecular weight excluding hydrogens is 550 g/mol. The molecule has 232 valence electrons. The third-order valence-corrected chi connectivity index (χ3v) is 8.50. The number of ether oxygens (including phenoxy) is 1. The van der Waals surface area contributed by atoms with Crippen LogP contribution in [0.5, 0.6) is 0 Å². The lowest BCUT2D eigenvalue weighted by Crippen LogP contribution is -2.52. The van der Waals surface area contributed by atoms with Gasteiger partial charge in [0.1, 0.15) is 17.5 Å². The number of carbonyl (C=O) groups excluding carboxylic acids is 2. The van der Waals surface area contributed by atoms with Crippen molar-refractivity contribution in [2.24, 2.45) is 5.73 Å². The standard InChI is InChI=1S/C36H45N5O3/c1-36(2,3)44-35(43)41-28-18-16-27(17-19-28)40-34(42)32(39-22-26-12-8-11-23-9-4-6-13-29(23)26)31-14-7-5-10-24-21-25(33(37)38)15-20-30(24)31/h4,6,8-13,15,20-21,27-28,32,39H,5,7,14,16-19,22H2,1-3H3,(H3,37,38)(H,40,42)(H,41,43)/t27-,28-,32?. The molecule has 3 aromatic rings. The first kappa shape index (κ1) is 31.3. The van der Waals surface area contributed by atoms with Crippen LogP contribution in [0.1, 0.15) is 76.8 Å². The molecule has 0 aromatic heterocycles. The minimum absolute atomic E-state index is 0.0264. The van der Waals surface area contributed by atoms with E-state index in [9.17, 15) is 9.59 Å². The fourth-order valence-electron chi connectivity index (χ4n) is 6.35. The topological polar surface area (TPSA) is 129 Å². The summed E-state index contributed by atoms with van der Waals surface area (Å²) in [6.07, 6.45) is 7.53. The van der Waals surface area contributed by atoms with Gasteiger partial charge in [0.15, 0.2) is 0 Å². The lowest BCUT2D eigenvalue weighted by molar-refractivity contribution is -0.122. The van der Waals surface area contributed by atoms with Crippen LogP contribution >= 0.6 is 0 Å². The van der Waals surface area contributed by atoms with E-state index in [1.165, 1.54) is 10.8 Å². The Morgan fingerprint density at radius 2 is 1.68 bits per heavy atom. The highest BCUT2D eigenvalue weighted by Gasteiger charge is 2.29. The number of hydrogen-bond donors (Lipinski definition) is 5. The predicted octanol–water partition coefficient (Wildman–Crippen LogP) is 4.35. The van der Waals surface area contributed by atoms with Gasteiger partial charge in [0.05, 0.1) is 0 Å². The minimum Gasteiger partial charge on any atom is -0.444 e. The van der Waals surface area contributed by atoms with Gasteiger partial charge >= 0.3 is 6.09 Å². The maximum Gasteiger partial charge on any atom is 0.407 e. The minimum atomic E-state index is -0.539. The SMILES string of the molecule is CC(C)(C)OC(=O)N[C@H]1CC[C@H](NC(=O)C(NCc2cccc3ccccc23)C2=c3ccc(C(=N)N)cc3=CCCC2)CC1. The number of nitrogen functional groups attached to an aromatic ring is 1. The fraction of sp³-hybridized carbons (Fsp3) is 0.417. The van der Waals surface area contributed by atoms with E-state index in [-0.39, 0.29) is 23.8 Å². The molecule has 0 saturated heterocycles. The Balaban J connectivity index is 1.38. The van der Waals surface area contributed by atoms with Gasteiger partial charge < -0.3 is 21.1 Å². The van der Waals surface area contributed by atoms with E-state index in [1.54, 1.807) is 0 Å². The van der Waals surface area contributed by atoms with Crippen molar-refractivity contribution in [3.8, 4) is 0 Å². The number of carbonyl (C=O) groups is 2. The second-order valence-electron chi connectivity index (χ2n) is 13.0. The molecule has 0 bridgehead atoms. The van der Waals surface area contributed by atoms with Gasteiger partial charge in [0.25, 0.3) is 0 Å². The zero-order valence-electron chi connectivity index (χ0n) is 26.0. The van der Waals surface area contributed by atoms with E-state index in [0.717, 1.165) is 66.5 Å². The predicted molar refractivity (Wildman–Crippen MR) is 177 cm³/mol. The van der Waals surface area contributed by atoms with E-state index < -0.39 is 17.7 Å². The molecule has 2 aliphatic rings. The van der Waals surface area contributed by atoms with Gasteiger partial charge in [0, 0.05) is 24.2 Å². The molecule has 0 radical (unpaired) electrons. The molecule has 1 atom stereocenters. The first-order valence-electron chi connectivity index (χ1n) is 15.7. The van der Waals surface area contributed by atoms with Crippen LogP contribution in [0.4, 0.5) is 4.79 Å². The molecule has 3 aromatic carbocycles. The van der Waals surface area contributed by atoms with Crippen LogP contribution in [-0.4, -0.2) is 41.6 Å². The zero-order chi connectivity index (χ0) is 31.3. The van der Waals surface area contributed by atoms with E-state index in [2.05, 4.69) is 52.4 Å². The number of nitrogens with one attached hydrogen (secondary N) is 4. The van der Waals surface area contributed by atoms with Crippen molar-refractivity contribution >= 4 is 40.3 Å². The number of rotatable bonds is 8. The molecule has 1 fully saturated rings. The number of amidine groups is 1. The number of nitrogens with two attached hydrogens (primary N) is 1. The van der Waals surface area contributed by atoms with Gasteiger partial charge in [-0.15, -0.1) is 0 Å². The van der Waals surface area contributed by atoms with E-state index in [1.807, 2.05) is 51.1 Å². The van der Waals surface area contributed by atoms with Crippen molar-refractivity contribution in [2.75, 3.05) is 0 Å². The lowest BCUT2D eigenvalue weighted by Gasteiger charge is -2.32. The Hall–Kier alpha value is -4.17. The second-order valence-corrected chi connectivity index (χ2v) is 13.0. The summed E-state index contributed by atoms with van der Waals surface area (Å²) in [6.45, 7) is 6.11. The molecule has 2 amide bonds. The van der Waals surface area contributed by atoms with Crippen LogP contribution in [0, 0.1) is 5.41 Å². The molecule has 5 rings (SSSR count).